The van der Waals surface area contributed by atoms with Gasteiger partial charge in [-0.2, -0.15) is 0 Å². The van der Waals surface area contributed by atoms with Crippen LogP contribution in [0.4, 0.5) is 0 Å². The van der Waals surface area contributed by atoms with E-state index in [4.69, 9.17) is 30.4 Å². The van der Waals surface area contributed by atoms with Crippen molar-refractivity contribution < 1.29 is 29.2 Å². The fourth-order valence-electron chi connectivity index (χ4n) is 3.30. The second-order valence-electron chi connectivity index (χ2n) is 9.80. The molecule has 0 saturated carbocycles. The summed E-state index contributed by atoms with van der Waals surface area (Å²) in [7, 11) is 0. The predicted octanol–water partition coefficient (Wildman–Crippen LogP) is 3.25. The van der Waals surface area contributed by atoms with Crippen molar-refractivity contribution in [2.24, 2.45) is 11.5 Å². The lowest BCUT2D eigenvalue weighted by Crippen LogP contribution is -2.31. The molecule has 4 unspecified atom stereocenters. The average molecular weight is 515 g/mol. The molecule has 0 saturated heterocycles. The molecule has 0 radical (unpaired) electrons. The Kier molecular flexibility index (Phi) is 11.8. The number of ether oxygens (including phenoxy) is 4. The zero-order chi connectivity index (χ0) is 27.6. The molecule has 2 rings (SSSR count). The second kappa shape index (κ2) is 14.3. The van der Waals surface area contributed by atoms with E-state index in [0.29, 0.717) is 22.6 Å². The molecule has 0 aliphatic heterocycles. The number of aliphatic hydroxyl groups excluding tert-OH is 2. The maximum atomic E-state index is 10.1. The van der Waals surface area contributed by atoms with Gasteiger partial charge < -0.3 is 40.6 Å². The van der Waals surface area contributed by atoms with Gasteiger partial charge in [-0.05, 0) is 60.4 Å². The van der Waals surface area contributed by atoms with E-state index in [-0.39, 0.29) is 31.8 Å². The molecular formula is C29H42N2O6. The molecule has 2 aromatic rings. The second-order valence-corrected chi connectivity index (χ2v) is 9.80. The van der Waals surface area contributed by atoms with Crippen LogP contribution in [0, 0.1) is 0 Å². The fraction of sp³-hybridized carbons (Fsp3) is 0.448. The number of benzene rings is 2. The smallest absolute Gasteiger partial charge is 0.127 e. The Balaban J connectivity index is 1.87. The molecule has 8 nitrogen and oxygen atoms in total. The molecule has 0 bridgehead atoms. The van der Waals surface area contributed by atoms with Crippen molar-refractivity contribution >= 4 is 0 Å². The van der Waals surface area contributed by atoms with E-state index < -0.39 is 24.7 Å². The minimum atomic E-state index is -0.801. The zero-order valence-corrected chi connectivity index (χ0v) is 22.4. The van der Waals surface area contributed by atoms with Crippen molar-refractivity contribution in [3.05, 3.63) is 84.0 Å². The van der Waals surface area contributed by atoms with Crippen LogP contribution in [0.3, 0.4) is 0 Å². The first-order valence-electron chi connectivity index (χ1n) is 12.3. The minimum absolute atomic E-state index is 0.0642. The average Bonchev–Trinajstić information content (AvgIpc) is 2.88. The third-order valence-corrected chi connectivity index (χ3v) is 5.94. The minimum Gasteiger partial charge on any atom is -0.491 e. The van der Waals surface area contributed by atoms with Gasteiger partial charge in [-0.25, -0.2) is 0 Å². The van der Waals surface area contributed by atoms with Gasteiger partial charge in [0.25, 0.3) is 0 Å². The molecule has 4 atom stereocenters. The summed E-state index contributed by atoms with van der Waals surface area (Å²) in [6.07, 6.45) is -2.81. The molecule has 0 amide bonds. The summed E-state index contributed by atoms with van der Waals surface area (Å²) in [4.78, 5) is 0. The van der Waals surface area contributed by atoms with Gasteiger partial charge in [0, 0.05) is 5.41 Å². The first-order valence-corrected chi connectivity index (χ1v) is 12.3. The van der Waals surface area contributed by atoms with Crippen LogP contribution in [0.2, 0.25) is 0 Å². The molecule has 0 aliphatic carbocycles. The van der Waals surface area contributed by atoms with Gasteiger partial charge >= 0.3 is 0 Å². The SMILES string of the molecule is C=C(C)C(N)OCC(O)COc1ccc(C(C)(C)c2ccc(OCC(O)COC(N)C(=C)C)cc2)cc1. The van der Waals surface area contributed by atoms with Gasteiger partial charge in [-0.15, -0.1) is 0 Å². The Hall–Kier alpha value is -2.72. The molecule has 0 aliphatic rings. The molecule has 6 N–H and O–H groups in total. The first kappa shape index (κ1) is 30.5. The third-order valence-electron chi connectivity index (χ3n) is 5.94. The molecular weight excluding hydrogens is 472 g/mol. The number of hydrogen-bond acceptors (Lipinski definition) is 8. The van der Waals surface area contributed by atoms with E-state index in [1.54, 1.807) is 13.8 Å². The van der Waals surface area contributed by atoms with Crippen LogP contribution in [0.1, 0.15) is 38.8 Å². The van der Waals surface area contributed by atoms with Gasteiger partial charge in [0.2, 0.25) is 0 Å². The predicted molar refractivity (Wildman–Crippen MR) is 145 cm³/mol. The normalized spacial score (nSPS) is 14.9. The van der Waals surface area contributed by atoms with Crippen LogP contribution in [-0.4, -0.2) is 61.3 Å². The number of nitrogens with two attached hydrogens (primary N) is 2. The zero-order valence-electron chi connectivity index (χ0n) is 22.4. The molecule has 0 spiro atoms. The summed E-state index contributed by atoms with van der Waals surface area (Å²) in [6, 6.07) is 15.5. The van der Waals surface area contributed by atoms with E-state index in [1.165, 1.54) is 0 Å². The van der Waals surface area contributed by atoms with E-state index in [2.05, 4.69) is 27.0 Å². The van der Waals surface area contributed by atoms with Crippen molar-refractivity contribution in [3.63, 3.8) is 0 Å². The van der Waals surface area contributed by atoms with Gasteiger partial charge in [-0.3, -0.25) is 0 Å². The van der Waals surface area contributed by atoms with Gasteiger partial charge in [-0.1, -0.05) is 51.3 Å². The van der Waals surface area contributed by atoms with Gasteiger partial charge in [0.1, 0.15) is 49.4 Å². The fourth-order valence-corrected chi connectivity index (χ4v) is 3.30. The van der Waals surface area contributed by atoms with Gasteiger partial charge in [0.05, 0.1) is 13.2 Å². The van der Waals surface area contributed by atoms with Crippen molar-refractivity contribution in [1.82, 2.24) is 0 Å². The Morgan fingerprint density at radius 3 is 1.32 bits per heavy atom. The van der Waals surface area contributed by atoms with Crippen molar-refractivity contribution in [1.29, 1.82) is 0 Å². The molecule has 8 heteroatoms. The maximum absolute atomic E-state index is 10.1. The molecule has 0 heterocycles. The largest absolute Gasteiger partial charge is 0.491 e. The number of aliphatic hydroxyl groups is 2. The standard InChI is InChI=1S/C29H42N2O6/c1-19(2)27(30)36-17-23(32)15-34-25-11-7-21(8-12-25)29(5,6)22-9-13-26(14-10-22)35-16-24(33)18-37-28(31)20(3)4/h7-14,23-24,27-28,32-33H,1,3,15-18,30-31H2,2,4-6H3. The summed E-state index contributed by atoms with van der Waals surface area (Å²) < 4.78 is 22.1. The van der Waals surface area contributed by atoms with Crippen LogP contribution in [0.15, 0.2) is 72.8 Å². The summed E-state index contributed by atoms with van der Waals surface area (Å²) in [6.45, 7) is 15.6. The summed E-state index contributed by atoms with van der Waals surface area (Å²) in [5.74, 6) is 1.30. The van der Waals surface area contributed by atoms with Gasteiger partial charge in [0.15, 0.2) is 0 Å². The molecule has 37 heavy (non-hydrogen) atoms. The molecule has 0 aromatic heterocycles. The third kappa shape index (κ3) is 9.92. The number of rotatable bonds is 16. The highest BCUT2D eigenvalue weighted by atomic mass is 16.5. The van der Waals surface area contributed by atoms with E-state index in [1.807, 2.05) is 48.5 Å². The first-order chi connectivity index (χ1) is 17.4. The maximum Gasteiger partial charge on any atom is 0.127 e. The highest BCUT2D eigenvalue weighted by Gasteiger charge is 2.23. The molecule has 2 aromatic carbocycles. The van der Waals surface area contributed by atoms with Crippen LogP contribution in [-0.2, 0) is 14.9 Å². The van der Waals surface area contributed by atoms with Crippen LogP contribution in [0.5, 0.6) is 11.5 Å². The summed E-state index contributed by atoms with van der Waals surface area (Å²) >= 11 is 0. The highest BCUT2D eigenvalue weighted by Crippen LogP contribution is 2.33. The lowest BCUT2D eigenvalue weighted by Gasteiger charge is -2.26. The summed E-state index contributed by atoms with van der Waals surface area (Å²) in [5.41, 5.74) is 14.8. The Morgan fingerprint density at radius 2 is 1.03 bits per heavy atom. The van der Waals surface area contributed by atoms with E-state index in [0.717, 1.165) is 11.1 Å². The molecule has 0 fully saturated rings. The van der Waals surface area contributed by atoms with E-state index in [9.17, 15) is 10.2 Å². The van der Waals surface area contributed by atoms with Crippen LogP contribution < -0.4 is 20.9 Å². The summed E-state index contributed by atoms with van der Waals surface area (Å²) in [5, 5.41) is 20.1. The quantitative estimate of drug-likeness (QED) is 0.198. The Bertz CT molecular complexity index is 911. The molecule has 204 valence electrons. The van der Waals surface area contributed by atoms with Crippen LogP contribution >= 0.6 is 0 Å². The van der Waals surface area contributed by atoms with Crippen LogP contribution in [0.25, 0.3) is 0 Å². The lowest BCUT2D eigenvalue weighted by atomic mass is 9.78. The lowest BCUT2D eigenvalue weighted by molar-refractivity contribution is -0.0104. The van der Waals surface area contributed by atoms with Crippen molar-refractivity contribution in [3.8, 4) is 11.5 Å². The van der Waals surface area contributed by atoms with E-state index >= 15 is 0 Å². The van der Waals surface area contributed by atoms with Crippen molar-refractivity contribution in [2.75, 3.05) is 26.4 Å². The number of hydrogen-bond donors (Lipinski definition) is 4. The Morgan fingerprint density at radius 1 is 0.703 bits per heavy atom. The Labute approximate surface area is 220 Å². The van der Waals surface area contributed by atoms with Crippen molar-refractivity contribution in [2.45, 2.75) is 57.8 Å². The highest BCUT2D eigenvalue weighted by molar-refractivity contribution is 5.41. The topological polar surface area (TPSA) is 129 Å². The monoisotopic (exact) mass is 514 g/mol.